The molecule has 0 aliphatic carbocycles. The second kappa shape index (κ2) is 11.0. The summed E-state index contributed by atoms with van der Waals surface area (Å²) in [6.45, 7) is 2.11. The minimum atomic E-state index is -0.358. The molecule has 0 heterocycles. The number of anilines is 1. The first-order valence-electron chi connectivity index (χ1n) is 8.79. The molecule has 6 heteroatoms. The molecule has 5 nitrogen and oxygen atoms in total. The maximum absolute atomic E-state index is 12.3. The number of carbonyl (C=O) groups excluding carboxylic acids is 2. The number of benzene rings is 2. The monoisotopic (exact) mass is 386 g/mol. The fraction of sp³-hybridized carbons (Fsp3) is 0.238. The van der Waals surface area contributed by atoms with E-state index in [0.29, 0.717) is 23.7 Å². The van der Waals surface area contributed by atoms with Crippen molar-refractivity contribution in [2.24, 2.45) is 0 Å². The minimum Gasteiger partial charge on any atom is -0.466 e. The van der Waals surface area contributed by atoms with Gasteiger partial charge in [0.2, 0.25) is 0 Å². The molecule has 2 amide bonds. The Labute approximate surface area is 164 Å². The normalized spacial score (nSPS) is 11.8. The molecule has 1 atom stereocenters. The van der Waals surface area contributed by atoms with Crippen LogP contribution in [0.5, 0.6) is 0 Å². The lowest BCUT2D eigenvalue weighted by atomic mass is 10.1. The molecular formula is C21H23ClN2O3. The van der Waals surface area contributed by atoms with E-state index in [4.69, 9.17) is 16.3 Å². The first kappa shape index (κ1) is 20.5. The topological polar surface area (TPSA) is 67.4 Å². The van der Waals surface area contributed by atoms with E-state index in [0.717, 1.165) is 5.56 Å². The molecule has 0 aliphatic rings. The van der Waals surface area contributed by atoms with Gasteiger partial charge in [-0.15, -0.1) is 0 Å². The molecular weight excluding hydrogens is 364 g/mol. The highest BCUT2D eigenvalue weighted by Crippen LogP contribution is 2.13. The van der Waals surface area contributed by atoms with Gasteiger partial charge in [-0.3, -0.25) is 4.79 Å². The fourth-order valence-electron chi connectivity index (χ4n) is 2.38. The van der Waals surface area contributed by atoms with Gasteiger partial charge >= 0.3 is 12.0 Å². The molecule has 0 aromatic heterocycles. The van der Waals surface area contributed by atoms with Crippen LogP contribution in [-0.2, 0) is 9.53 Å². The van der Waals surface area contributed by atoms with Crippen LogP contribution in [0.2, 0.25) is 5.02 Å². The van der Waals surface area contributed by atoms with Crippen LogP contribution in [0, 0.1) is 0 Å². The summed E-state index contributed by atoms with van der Waals surface area (Å²) < 4.78 is 4.96. The second-order valence-corrected chi connectivity index (χ2v) is 6.26. The van der Waals surface area contributed by atoms with Crippen LogP contribution >= 0.6 is 11.6 Å². The number of esters is 1. The van der Waals surface area contributed by atoms with E-state index in [-0.39, 0.29) is 24.5 Å². The first-order valence-corrected chi connectivity index (χ1v) is 9.16. The standard InChI is InChI=1S/C21H23ClN2O3/c1-2-27-20(25)15-14-18(11-8-16-6-4-3-5-7-16)23-21(26)24-19-12-9-17(22)10-13-19/h3-13,18H,2,14-15H2,1H3,(H2,23,24,26)/b11-8+. The van der Waals surface area contributed by atoms with Gasteiger partial charge in [0.05, 0.1) is 6.61 Å². The largest absolute Gasteiger partial charge is 0.466 e. The molecule has 2 aromatic carbocycles. The van der Waals surface area contributed by atoms with Gasteiger partial charge in [-0.25, -0.2) is 4.79 Å². The number of ether oxygens (including phenoxy) is 1. The van der Waals surface area contributed by atoms with E-state index in [1.807, 2.05) is 42.5 Å². The van der Waals surface area contributed by atoms with Crippen molar-refractivity contribution in [3.63, 3.8) is 0 Å². The lowest BCUT2D eigenvalue weighted by Gasteiger charge is -2.16. The number of amides is 2. The molecule has 1 unspecified atom stereocenters. The van der Waals surface area contributed by atoms with Crippen molar-refractivity contribution in [1.29, 1.82) is 0 Å². The van der Waals surface area contributed by atoms with Crippen molar-refractivity contribution < 1.29 is 14.3 Å². The molecule has 0 radical (unpaired) electrons. The van der Waals surface area contributed by atoms with Crippen molar-refractivity contribution in [3.8, 4) is 0 Å². The third-order valence-electron chi connectivity index (χ3n) is 3.70. The van der Waals surface area contributed by atoms with Crippen molar-refractivity contribution in [2.45, 2.75) is 25.8 Å². The fourth-order valence-corrected chi connectivity index (χ4v) is 2.51. The highest BCUT2D eigenvalue weighted by atomic mass is 35.5. The highest BCUT2D eigenvalue weighted by Gasteiger charge is 2.12. The Morgan fingerprint density at radius 2 is 1.81 bits per heavy atom. The Morgan fingerprint density at radius 1 is 1.11 bits per heavy atom. The number of hydrogen-bond acceptors (Lipinski definition) is 3. The van der Waals surface area contributed by atoms with E-state index in [9.17, 15) is 9.59 Å². The smallest absolute Gasteiger partial charge is 0.319 e. The Balaban J connectivity index is 1.99. The van der Waals surface area contributed by atoms with Crippen LogP contribution in [0.4, 0.5) is 10.5 Å². The van der Waals surface area contributed by atoms with Crippen molar-refractivity contribution in [3.05, 3.63) is 71.3 Å². The molecule has 0 bridgehead atoms. The van der Waals surface area contributed by atoms with Crippen LogP contribution < -0.4 is 10.6 Å². The van der Waals surface area contributed by atoms with Crippen LogP contribution in [0.1, 0.15) is 25.3 Å². The Kier molecular flexibility index (Phi) is 8.39. The number of hydrogen-bond donors (Lipinski definition) is 2. The quantitative estimate of drug-likeness (QED) is 0.635. The Hall–Kier alpha value is -2.79. The van der Waals surface area contributed by atoms with Gasteiger partial charge in [0.25, 0.3) is 0 Å². The van der Waals surface area contributed by atoms with Gasteiger partial charge in [-0.1, -0.05) is 54.1 Å². The number of halogens is 1. The van der Waals surface area contributed by atoms with Gasteiger partial charge in [-0.2, -0.15) is 0 Å². The third kappa shape index (κ3) is 7.96. The molecule has 2 rings (SSSR count). The zero-order valence-corrected chi connectivity index (χ0v) is 15.9. The summed E-state index contributed by atoms with van der Waals surface area (Å²) in [5.74, 6) is -0.282. The molecule has 0 aliphatic heterocycles. The number of rotatable bonds is 8. The van der Waals surface area contributed by atoms with Gasteiger partial charge in [0.1, 0.15) is 0 Å². The average Bonchev–Trinajstić information content (AvgIpc) is 2.67. The number of nitrogens with one attached hydrogen (secondary N) is 2. The predicted molar refractivity (Wildman–Crippen MR) is 109 cm³/mol. The van der Waals surface area contributed by atoms with Crippen LogP contribution in [-0.4, -0.2) is 24.6 Å². The number of urea groups is 1. The molecule has 0 saturated heterocycles. The maximum Gasteiger partial charge on any atom is 0.319 e. The van der Waals surface area contributed by atoms with E-state index in [1.165, 1.54) is 0 Å². The van der Waals surface area contributed by atoms with Gasteiger partial charge in [0.15, 0.2) is 0 Å². The Morgan fingerprint density at radius 3 is 2.48 bits per heavy atom. The summed E-state index contributed by atoms with van der Waals surface area (Å²) in [7, 11) is 0. The SMILES string of the molecule is CCOC(=O)CCC(/C=C/c1ccccc1)NC(=O)Nc1ccc(Cl)cc1. The summed E-state index contributed by atoms with van der Waals surface area (Å²) >= 11 is 5.85. The van der Waals surface area contributed by atoms with E-state index >= 15 is 0 Å². The van der Waals surface area contributed by atoms with Crippen LogP contribution in [0.25, 0.3) is 6.08 Å². The van der Waals surface area contributed by atoms with Crippen LogP contribution in [0.3, 0.4) is 0 Å². The average molecular weight is 387 g/mol. The lowest BCUT2D eigenvalue weighted by molar-refractivity contribution is -0.143. The Bertz CT molecular complexity index is 761. The van der Waals surface area contributed by atoms with E-state index in [2.05, 4.69) is 10.6 Å². The predicted octanol–water partition coefficient (Wildman–Crippen LogP) is 4.89. The number of carbonyl (C=O) groups is 2. The first-order chi connectivity index (χ1) is 13.1. The van der Waals surface area contributed by atoms with Crippen molar-refractivity contribution in [2.75, 3.05) is 11.9 Å². The molecule has 2 N–H and O–H groups in total. The molecule has 0 spiro atoms. The molecule has 0 saturated carbocycles. The maximum atomic E-state index is 12.3. The van der Waals surface area contributed by atoms with E-state index < -0.39 is 0 Å². The van der Waals surface area contributed by atoms with Gasteiger partial charge < -0.3 is 15.4 Å². The van der Waals surface area contributed by atoms with Crippen LogP contribution in [0.15, 0.2) is 60.7 Å². The molecule has 2 aromatic rings. The minimum absolute atomic E-state index is 0.221. The summed E-state index contributed by atoms with van der Waals surface area (Å²) in [4.78, 5) is 23.9. The summed E-state index contributed by atoms with van der Waals surface area (Å²) in [6.07, 6.45) is 4.45. The molecule has 0 fully saturated rings. The third-order valence-corrected chi connectivity index (χ3v) is 3.96. The van der Waals surface area contributed by atoms with Crippen molar-refractivity contribution in [1.82, 2.24) is 5.32 Å². The van der Waals surface area contributed by atoms with Gasteiger partial charge in [-0.05, 0) is 43.2 Å². The summed E-state index contributed by atoms with van der Waals surface area (Å²) in [5, 5.41) is 6.22. The van der Waals surface area contributed by atoms with Gasteiger partial charge in [0, 0.05) is 23.2 Å². The molecule has 142 valence electrons. The van der Waals surface area contributed by atoms with Crippen molar-refractivity contribution >= 4 is 35.4 Å². The zero-order valence-electron chi connectivity index (χ0n) is 15.2. The lowest BCUT2D eigenvalue weighted by Crippen LogP contribution is -2.37. The zero-order chi connectivity index (χ0) is 19.5. The summed E-state index contributed by atoms with van der Waals surface area (Å²) in [6, 6.07) is 15.9. The second-order valence-electron chi connectivity index (χ2n) is 5.83. The summed E-state index contributed by atoms with van der Waals surface area (Å²) in [5.41, 5.74) is 1.65. The van der Waals surface area contributed by atoms with E-state index in [1.54, 1.807) is 31.2 Å². The molecule has 27 heavy (non-hydrogen) atoms. The highest BCUT2D eigenvalue weighted by molar-refractivity contribution is 6.30.